The van der Waals surface area contributed by atoms with Crippen LogP contribution in [0, 0.1) is 13.8 Å². The van der Waals surface area contributed by atoms with E-state index >= 15 is 0 Å². The standard InChI is InChI=1S/C10H10N2O/c1-7-9-5-3-4-6-12(9)10(13)8(2)11-7/h3-6H,1-2H3. The molecule has 0 spiro atoms. The summed E-state index contributed by atoms with van der Waals surface area (Å²) < 4.78 is 1.62. The average Bonchev–Trinajstić information content (AvgIpc) is 2.15. The van der Waals surface area contributed by atoms with Crippen LogP contribution in [0.3, 0.4) is 0 Å². The quantitative estimate of drug-likeness (QED) is 0.603. The highest BCUT2D eigenvalue weighted by molar-refractivity contribution is 5.50. The predicted molar refractivity (Wildman–Crippen MR) is 50.9 cm³/mol. The maximum Gasteiger partial charge on any atom is 0.276 e. The molecule has 0 N–H and O–H groups in total. The van der Waals surface area contributed by atoms with Crippen LogP contribution in [0.2, 0.25) is 0 Å². The summed E-state index contributed by atoms with van der Waals surface area (Å²) in [6.45, 7) is 3.64. The topological polar surface area (TPSA) is 34.4 Å². The lowest BCUT2D eigenvalue weighted by atomic mass is 10.3. The summed E-state index contributed by atoms with van der Waals surface area (Å²) in [5.41, 5.74) is 2.26. The van der Waals surface area contributed by atoms with Gasteiger partial charge in [-0.05, 0) is 26.0 Å². The fourth-order valence-electron chi connectivity index (χ4n) is 1.45. The van der Waals surface area contributed by atoms with Gasteiger partial charge in [0.1, 0.15) is 5.69 Å². The van der Waals surface area contributed by atoms with E-state index in [1.807, 2.05) is 25.1 Å². The van der Waals surface area contributed by atoms with E-state index in [9.17, 15) is 4.79 Å². The van der Waals surface area contributed by atoms with Crippen LogP contribution in [0.25, 0.3) is 5.52 Å². The zero-order valence-corrected chi connectivity index (χ0v) is 7.61. The van der Waals surface area contributed by atoms with E-state index in [4.69, 9.17) is 0 Å². The predicted octanol–water partition coefficient (Wildman–Crippen LogP) is 1.31. The summed E-state index contributed by atoms with van der Waals surface area (Å²) in [4.78, 5) is 15.7. The third-order valence-corrected chi connectivity index (χ3v) is 2.09. The maximum atomic E-state index is 11.6. The molecule has 0 radical (unpaired) electrons. The first-order valence-electron chi connectivity index (χ1n) is 4.15. The Labute approximate surface area is 75.7 Å². The van der Waals surface area contributed by atoms with E-state index in [-0.39, 0.29) is 5.56 Å². The molecular formula is C10H10N2O. The highest BCUT2D eigenvalue weighted by Crippen LogP contribution is 2.04. The van der Waals surface area contributed by atoms with Crippen molar-refractivity contribution < 1.29 is 0 Å². The minimum Gasteiger partial charge on any atom is -0.281 e. The Balaban J connectivity index is 3.06. The van der Waals surface area contributed by atoms with Crippen LogP contribution >= 0.6 is 0 Å². The van der Waals surface area contributed by atoms with Gasteiger partial charge in [-0.15, -0.1) is 0 Å². The van der Waals surface area contributed by atoms with Gasteiger partial charge in [0.15, 0.2) is 0 Å². The molecule has 2 aromatic heterocycles. The van der Waals surface area contributed by atoms with Gasteiger partial charge in [0.05, 0.1) is 11.2 Å². The van der Waals surface area contributed by atoms with Gasteiger partial charge >= 0.3 is 0 Å². The van der Waals surface area contributed by atoms with E-state index in [0.717, 1.165) is 11.2 Å². The molecule has 0 unspecified atom stereocenters. The molecule has 13 heavy (non-hydrogen) atoms. The van der Waals surface area contributed by atoms with Gasteiger partial charge in [-0.2, -0.15) is 0 Å². The Morgan fingerprint density at radius 3 is 2.77 bits per heavy atom. The summed E-state index contributed by atoms with van der Waals surface area (Å²) in [5.74, 6) is 0. The molecule has 0 aromatic carbocycles. The zero-order valence-electron chi connectivity index (χ0n) is 7.61. The lowest BCUT2D eigenvalue weighted by molar-refractivity contribution is 0.973. The van der Waals surface area contributed by atoms with Crippen molar-refractivity contribution in [1.29, 1.82) is 0 Å². The Morgan fingerprint density at radius 1 is 1.23 bits per heavy atom. The monoisotopic (exact) mass is 174 g/mol. The molecule has 0 atom stereocenters. The Hall–Kier alpha value is -1.64. The van der Waals surface area contributed by atoms with Crippen molar-refractivity contribution >= 4 is 5.52 Å². The molecule has 0 aliphatic heterocycles. The van der Waals surface area contributed by atoms with Crippen LogP contribution < -0.4 is 5.56 Å². The number of hydrogen-bond donors (Lipinski definition) is 0. The van der Waals surface area contributed by atoms with Gasteiger partial charge in [-0.1, -0.05) is 6.07 Å². The maximum absolute atomic E-state index is 11.6. The Kier molecular flexibility index (Phi) is 1.65. The van der Waals surface area contributed by atoms with Crippen molar-refractivity contribution in [2.45, 2.75) is 13.8 Å². The first-order valence-corrected chi connectivity index (χ1v) is 4.15. The van der Waals surface area contributed by atoms with Crippen molar-refractivity contribution in [3.05, 3.63) is 46.1 Å². The number of fused-ring (bicyclic) bond motifs is 1. The van der Waals surface area contributed by atoms with E-state index in [1.165, 1.54) is 0 Å². The molecule has 0 aliphatic carbocycles. The molecule has 2 rings (SSSR count). The molecule has 0 aliphatic rings. The van der Waals surface area contributed by atoms with Crippen LogP contribution in [-0.4, -0.2) is 9.38 Å². The largest absolute Gasteiger partial charge is 0.281 e. The molecular weight excluding hydrogens is 164 g/mol. The van der Waals surface area contributed by atoms with Gasteiger partial charge in [0, 0.05) is 6.20 Å². The molecule has 3 heteroatoms. The van der Waals surface area contributed by atoms with Crippen molar-refractivity contribution in [1.82, 2.24) is 9.38 Å². The number of rotatable bonds is 0. The summed E-state index contributed by atoms with van der Waals surface area (Å²) in [5, 5.41) is 0. The number of pyridine rings is 1. The van der Waals surface area contributed by atoms with Crippen molar-refractivity contribution in [3.63, 3.8) is 0 Å². The number of aromatic nitrogens is 2. The summed E-state index contributed by atoms with van der Waals surface area (Å²) in [7, 11) is 0. The van der Waals surface area contributed by atoms with Crippen LogP contribution in [-0.2, 0) is 0 Å². The molecule has 0 bridgehead atoms. The summed E-state index contributed by atoms with van der Waals surface area (Å²) in [6.07, 6.45) is 1.76. The third kappa shape index (κ3) is 1.13. The van der Waals surface area contributed by atoms with Crippen molar-refractivity contribution in [2.24, 2.45) is 0 Å². The van der Waals surface area contributed by atoms with E-state index < -0.39 is 0 Å². The minimum atomic E-state index is -0.0406. The number of hydrogen-bond acceptors (Lipinski definition) is 2. The molecule has 0 fully saturated rings. The SMILES string of the molecule is Cc1nc(C)c2ccccn2c1=O. The van der Waals surface area contributed by atoms with Gasteiger partial charge < -0.3 is 0 Å². The first-order chi connectivity index (χ1) is 6.20. The highest BCUT2D eigenvalue weighted by atomic mass is 16.1. The van der Waals surface area contributed by atoms with Crippen LogP contribution in [0.15, 0.2) is 29.2 Å². The molecule has 66 valence electrons. The highest BCUT2D eigenvalue weighted by Gasteiger charge is 2.02. The van der Waals surface area contributed by atoms with Gasteiger partial charge in [-0.3, -0.25) is 14.2 Å². The van der Waals surface area contributed by atoms with Gasteiger partial charge in [0.2, 0.25) is 0 Å². The summed E-state index contributed by atoms with van der Waals surface area (Å²) in [6, 6.07) is 5.63. The number of aryl methyl sites for hydroxylation is 2. The Bertz CT molecular complexity index is 514. The lowest BCUT2D eigenvalue weighted by Gasteiger charge is -2.03. The number of nitrogens with zero attached hydrogens (tertiary/aromatic N) is 2. The van der Waals surface area contributed by atoms with E-state index in [1.54, 1.807) is 17.5 Å². The lowest BCUT2D eigenvalue weighted by Crippen LogP contribution is -2.18. The average molecular weight is 174 g/mol. The normalized spacial score (nSPS) is 10.6. The van der Waals surface area contributed by atoms with Gasteiger partial charge in [0.25, 0.3) is 5.56 Å². The van der Waals surface area contributed by atoms with Crippen molar-refractivity contribution in [2.75, 3.05) is 0 Å². The second-order valence-corrected chi connectivity index (χ2v) is 3.04. The molecule has 3 nitrogen and oxygen atoms in total. The first kappa shape index (κ1) is 7.98. The molecule has 2 heterocycles. The fraction of sp³-hybridized carbons (Fsp3) is 0.200. The molecule has 2 aromatic rings. The van der Waals surface area contributed by atoms with Crippen LogP contribution in [0.1, 0.15) is 11.4 Å². The van der Waals surface area contributed by atoms with Crippen LogP contribution in [0.4, 0.5) is 0 Å². The molecule has 0 saturated heterocycles. The molecule has 0 saturated carbocycles. The fourth-order valence-corrected chi connectivity index (χ4v) is 1.45. The molecule has 0 amide bonds. The van der Waals surface area contributed by atoms with E-state index in [2.05, 4.69) is 4.98 Å². The second kappa shape index (κ2) is 2.69. The van der Waals surface area contributed by atoms with E-state index in [0.29, 0.717) is 5.69 Å². The van der Waals surface area contributed by atoms with Crippen LogP contribution in [0.5, 0.6) is 0 Å². The Morgan fingerprint density at radius 2 is 2.00 bits per heavy atom. The zero-order chi connectivity index (χ0) is 9.42. The van der Waals surface area contributed by atoms with Gasteiger partial charge in [-0.25, -0.2) is 0 Å². The summed E-state index contributed by atoms with van der Waals surface area (Å²) >= 11 is 0. The smallest absolute Gasteiger partial charge is 0.276 e. The minimum absolute atomic E-state index is 0.0406. The third-order valence-electron chi connectivity index (χ3n) is 2.09. The second-order valence-electron chi connectivity index (χ2n) is 3.04. The van der Waals surface area contributed by atoms with Crippen molar-refractivity contribution in [3.8, 4) is 0 Å².